The average molecular weight is 289 g/mol. The molecule has 0 aromatic carbocycles. The number of carbonyl (C=O) groups is 1. The van der Waals surface area contributed by atoms with Crippen molar-refractivity contribution in [2.24, 2.45) is 5.73 Å². The topological polar surface area (TPSA) is 49.6 Å². The lowest BCUT2D eigenvalue weighted by atomic mass is 10.1. The predicted octanol–water partition coefficient (Wildman–Crippen LogP) is 0.948. The van der Waals surface area contributed by atoms with Gasteiger partial charge in [0.1, 0.15) is 0 Å². The maximum atomic E-state index is 12.0. The number of thioether (sulfide) groups is 1. The van der Waals surface area contributed by atoms with Crippen molar-refractivity contribution in [3.05, 3.63) is 0 Å². The molecule has 0 aromatic rings. The van der Waals surface area contributed by atoms with E-state index < -0.39 is 0 Å². The van der Waals surface area contributed by atoms with Gasteiger partial charge in [0.2, 0.25) is 5.91 Å². The van der Waals surface area contributed by atoms with Crippen molar-refractivity contribution < 1.29 is 4.79 Å². The van der Waals surface area contributed by atoms with Crippen molar-refractivity contribution in [3.63, 3.8) is 0 Å². The van der Waals surface area contributed by atoms with Gasteiger partial charge in [0.15, 0.2) is 0 Å². The molecule has 1 rings (SSSR count). The highest BCUT2D eigenvalue weighted by Crippen LogP contribution is 2.20. The number of hydrogen-bond acceptors (Lipinski definition) is 4. The van der Waals surface area contributed by atoms with Crippen molar-refractivity contribution in [2.45, 2.75) is 24.5 Å². The third-order valence-corrected chi connectivity index (χ3v) is 4.69. The number of likely N-dealkylation sites (tertiary alicyclic amines) is 1. The minimum Gasteiger partial charge on any atom is -0.393 e. The zero-order valence-electron chi connectivity index (χ0n) is 11.2. The van der Waals surface area contributed by atoms with Gasteiger partial charge in [0.25, 0.3) is 0 Å². The molecule has 6 heteroatoms. The normalized spacial score (nSPS) is 17.7. The Kier molecular flexibility index (Phi) is 6.96. The number of thiocarbonyl (C=S) groups is 1. The second-order valence-electron chi connectivity index (χ2n) is 4.74. The minimum atomic E-state index is 0.161. The Morgan fingerprint density at radius 2 is 2.11 bits per heavy atom. The van der Waals surface area contributed by atoms with Crippen LogP contribution in [0.4, 0.5) is 0 Å². The number of likely N-dealkylation sites (N-methyl/N-ethyl adjacent to an activating group) is 1. The van der Waals surface area contributed by atoms with Crippen LogP contribution < -0.4 is 5.73 Å². The first-order valence-electron chi connectivity index (χ1n) is 6.30. The number of hydrogen-bond donors (Lipinski definition) is 1. The van der Waals surface area contributed by atoms with Gasteiger partial charge in [-0.05, 0) is 32.2 Å². The molecule has 0 saturated carbocycles. The highest BCUT2D eigenvalue weighted by atomic mass is 32.2. The predicted molar refractivity (Wildman–Crippen MR) is 82.0 cm³/mol. The number of carbonyl (C=O) groups excluding carboxylic acids is 1. The van der Waals surface area contributed by atoms with Gasteiger partial charge in [-0.15, -0.1) is 0 Å². The molecule has 0 aliphatic carbocycles. The summed E-state index contributed by atoms with van der Waals surface area (Å²) in [5, 5.41) is 0.767. The number of amides is 1. The van der Waals surface area contributed by atoms with Crippen molar-refractivity contribution in [1.82, 2.24) is 9.80 Å². The molecule has 1 heterocycles. The summed E-state index contributed by atoms with van der Waals surface area (Å²) in [6.07, 6.45) is 5.14. The Hall–Kier alpha value is -0.330. The Morgan fingerprint density at radius 3 is 2.61 bits per heavy atom. The number of nitrogens with two attached hydrogens (primary N) is 1. The van der Waals surface area contributed by atoms with Crippen LogP contribution in [-0.4, -0.2) is 65.4 Å². The van der Waals surface area contributed by atoms with Crippen LogP contribution in [0, 0.1) is 0 Å². The Morgan fingerprint density at radius 1 is 1.50 bits per heavy atom. The average Bonchev–Trinajstić information content (AvgIpc) is 2.36. The van der Waals surface area contributed by atoms with Gasteiger partial charge in [-0.3, -0.25) is 9.69 Å². The van der Waals surface area contributed by atoms with E-state index in [1.807, 2.05) is 18.8 Å². The molecule has 1 aliphatic rings. The smallest absolute Gasteiger partial charge is 0.236 e. The molecule has 1 amide bonds. The van der Waals surface area contributed by atoms with E-state index in [0.717, 1.165) is 18.3 Å². The molecule has 18 heavy (non-hydrogen) atoms. The number of piperidine rings is 1. The Balaban J connectivity index is 2.25. The number of nitrogens with zero attached hydrogens (tertiary/aromatic N) is 2. The molecule has 1 aliphatic heterocycles. The quantitative estimate of drug-likeness (QED) is 0.738. The molecular formula is C12H23N3OS2. The third kappa shape index (κ3) is 5.54. The van der Waals surface area contributed by atoms with E-state index in [1.54, 1.807) is 4.90 Å². The molecule has 1 saturated heterocycles. The van der Waals surface area contributed by atoms with Crippen LogP contribution in [0.3, 0.4) is 0 Å². The molecule has 0 aromatic heterocycles. The molecule has 0 radical (unpaired) electrons. The molecule has 0 spiro atoms. The first kappa shape index (κ1) is 15.7. The lowest BCUT2D eigenvalue weighted by molar-refractivity contribution is -0.131. The Labute approximate surface area is 119 Å². The molecule has 1 fully saturated rings. The fourth-order valence-electron chi connectivity index (χ4n) is 2.02. The van der Waals surface area contributed by atoms with Crippen LogP contribution in [0.5, 0.6) is 0 Å². The van der Waals surface area contributed by atoms with Crippen LogP contribution in [0.25, 0.3) is 0 Å². The molecule has 2 N–H and O–H groups in total. The van der Waals surface area contributed by atoms with E-state index >= 15 is 0 Å². The lowest BCUT2D eigenvalue weighted by Crippen LogP contribution is -2.43. The van der Waals surface area contributed by atoms with Gasteiger partial charge < -0.3 is 10.6 Å². The van der Waals surface area contributed by atoms with Crippen molar-refractivity contribution >= 4 is 34.9 Å². The molecule has 0 atom stereocenters. The van der Waals surface area contributed by atoms with Crippen molar-refractivity contribution in [1.29, 1.82) is 0 Å². The fraction of sp³-hybridized carbons (Fsp3) is 0.833. The van der Waals surface area contributed by atoms with Crippen LogP contribution in [0.15, 0.2) is 0 Å². The summed E-state index contributed by atoms with van der Waals surface area (Å²) < 4.78 is 0. The standard InChI is InChI=1S/C12H23N3OS2/c1-14(6-5-11(13)17)12(16)9-15-7-3-10(18-2)4-8-15/h10H,3-9H2,1-2H3,(H2,13,17). The molecule has 0 unspecified atom stereocenters. The molecule has 0 bridgehead atoms. The van der Waals surface area contributed by atoms with Gasteiger partial charge >= 0.3 is 0 Å². The van der Waals surface area contributed by atoms with Gasteiger partial charge in [0, 0.05) is 25.3 Å². The van der Waals surface area contributed by atoms with Crippen LogP contribution >= 0.6 is 24.0 Å². The monoisotopic (exact) mass is 289 g/mol. The van der Waals surface area contributed by atoms with Crippen LogP contribution in [0.1, 0.15) is 19.3 Å². The van der Waals surface area contributed by atoms with E-state index in [0.29, 0.717) is 24.5 Å². The Bertz CT molecular complexity index is 291. The third-order valence-electron chi connectivity index (χ3n) is 3.35. The van der Waals surface area contributed by atoms with Crippen LogP contribution in [0.2, 0.25) is 0 Å². The molecular weight excluding hydrogens is 266 g/mol. The summed E-state index contributed by atoms with van der Waals surface area (Å²) in [6, 6.07) is 0. The maximum absolute atomic E-state index is 12.0. The van der Waals surface area contributed by atoms with Gasteiger partial charge in [-0.25, -0.2) is 0 Å². The molecule has 104 valence electrons. The van der Waals surface area contributed by atoms with E-state index in [4.69, 9.17) is 18.0 Å². The summed E-state index contributed by atoms with van der Waals surface area (Å²) in [5.74, 6) is 0.161. The van der Waals surface area contributed by atoms with E-state index in [1.165, 1.54) is 12.8 Å². The lowest BCUT2D eigenvalue weighted by Gasteiger charge is -2.31. The second-order valence-corrected chi connectivity index (χ2v) is 6.41. The summed E-state index contributed by atoms with van der Waals surface area (Å²) in [7, 11) is 1.81. The highest BCUT2D eigenvalue weighted by molar-refractivity contribution is 7.99. The van der Waals surface area contributed by atoms with Crippen molar-refractivity contribution in [3.8, 4) is 0 Å². The summed E-state index contributed by atoms with van der Waals surface area (Å²) >= 11 is 6.75. The molecule has 4 nitrogen and oxygen atoms in total. The van der Waals surface area contributed by atoms with E-state index in [2.05, 4.69) is 11.2 Å². The van der Waals surface area contributed by atoms with Crippen molar-refractivity contribution in [2.75, 3.05) is 39.5 Å². The fourth-order valence-corrected chi connectivity index (χ4v) is 2.79. The highest BCUT2D eigenvalue weighted by Gasteiger charge is 2.21. The summed E-state index contributed by atoms with van der Waals surface area (Å²) in [4.78, 5) is 16.4. The summed E-state index contributed by atoms with van der Waals surface area (Å²) in [6.45, 7) is 3.20. The minimum absolute atomic E-state index is 0.161. The van der Waals surface area contributed by atoms with E-state index in [-0.39, 0.29) is 5.91 Å². The number of rotatable bonds is 6. The largest absolute Gasteiger partial charge is 0.393 e. The second kappa shape index (κ2) is 7.96. The first-order chi connectivity index (χ1) is 8.52. The summed E-state index contributed by atoms with van der Waals surface area (Å²) in [5.41, 5.74) is 5.44. The first-order valence-corrected chi connectivity index (χ1v) is 8.00. The SMILES string of the molecule is CSC1CCN(CC(=O)N(C)CCC(N)=S)CC1. The maximum Gasteiger partial charge on any atom is 0.236 e. The zero-order valence-corrected chi connectivity index (χ0v) is 12.9. The van der Waals surface area contributed by atoms with E-state index in [9.17, 15) is 4.79 Å². The van der Waals surface area contributed by atoms with Gasteiger partial charge in [-0.2, -0.15) is 11.8 Å². The van der Waals surface area contributed by atoms with Crippen LogP contribution in [-0.2, 0) is 4.79 Å². The zero-order chi connectivity index (χ0) is 13.5. The van der Waals surface area contributed by atoms with Gasteiger partial charge in [-0.1, -0.05) is 12.2 Å². The van der Waals surface area contributed by atoms with Gasteiger partial charge in [0.05, 0.1) is 11.5 Å².